The first-order valence-corrected chi connectivity index (χ1v) is 6.04. The molecule has 0 aliphatic carbocycles. The average Bonchev–Trinajstić information content (AvgIpc) is 2.58. The van der Waals surface area contributed by atoms with Crippen LogP contribution in [0.3, 0.4) is 0 Å². The van der Waals surface area contributed by atoms with Gasteiger partial charge >= 0.3 is 0 Å². The summed E-state index contributed by atoms with van der Waals surface area (Å²) in [5, 5.41) is 9.68. The van der Waals surface area contributed by atoms with E-state index in [2.05, 4.69) is 4.98 Å². The van der Waals surface area contributed by atoms with Crippen molar-refractivity contribution >= 4 is 11.8 Å². The zero-order valence-corrected chi connectivity index (χ0v) is 9.46. The molecule has 0 amide bonds. The number of aromatic nitrogens is 2. The van der Waals surface area contributed by atoms with Crippen molar-refractivity contribution in [2.24, 2.45) is 7.05 Å². The monoisotopic (exact) mass is 214 g/mol. The van der Waals surface area contributed by atoms with Crippen LogP contribution in [-0.4, -0.2) is 27.0 Å². The second-order valence-corrected chi connectivity index (χ2v) is 4.37. The molecule has 0 aromatic carbocycles. The largest absolute Gasteiger partial charge is 0.396 e. The Morgan fingerprint density at radius 3 is 2.79 bits per heavy atom. The summed E-state index contributed by atoms with van der Waals surface area (Å²) in [5.74, 6) is 1.12. The molecular formula is C10H18N2OS. The molecule has 1 aromatic rings. The van der Waals surface area contributed by atoms with E-state index in [0.29, 0.717) is 6.61 Å². The molecule has 3 nitrogen and oxygen atoms in total. The van der Waals surface area contributed by atoms with Gasteiger partial charge in [0.05, 0.1) is 0 Å². The molecule has 1 rings (SSSR count). The summed E-state index contributed by atoms with van der Waals surface area (Å²) in [5.41, 5.74) is 0. The van der Waals surface area contributed by atoms with Crippen molar-refractivity contribution in [1.82, 2.24) is 9.55 Å². The summed E-state index contributed by atoms with van der Waals surface area (Å²) in [6.45, 7) is 0.326. The number of hydrogen-bond acceptors (Lipinski definition) is 3. The lowest BCUT2D eigenvalue weighted by atomic mass is 10.2. The molecule has 1 N–H and O–H groups in total. The Morgan fingerprint density at radius 2 is 2.14 bits per heavy atom. The molecule has 80 valence electrons. The number of aliphatic hydroxyl groups is 1. The van der Waals surface area contributed by atoms with E-state index in [1.807, 2.05) is 24.0 Å². The molecule has 0 bridgehead atoms. The van der Waals surface area contributed by atoms with Gasteiger partial charge in [0.1, 0.15) is 0 Å². The zero-order valence-electron chi connectivity index (χ0n) is 8.65. The highest BCUT2D eigenvalue weighted by Gasteiger charge is 1.98. The zero-order chi connectivity index (χ0) is 10.2. The van der Waals surface area contributed by atoms with E-state index in [-0.39, 0.29) is 0 Å². The van der Waals surface area contributed by atoms with Crippen LogP contribution in [0.5, 0.6) is 0 Å². The Hall–Kier alpha value is -0.480. The molecular weight excluding hydrogens is 196 g/mol. The van der Waals surface area contributed by atoms with E-state index in [4.69, 9.17) is 5.11 Å². The molecule has 0 saturated heterocycles. The number of nitrogens with zero attached hydrogens (tertiary/aromatic N) is 2. The third-order valence-electron chi connectivity index (χ3n) is 2.06. The van der Waals surface area contributed by atoms with Gasteiger partial charge < -0.3 is 9.67 Å². The number of hydrogen-bond donors (Lipinski definition) is 1. The van der Waals surface area contributed by atoms with Crippen LogP contribution in [0.15, 0.2) is 17.6 Å². The predicted molar refractivity (Wildman–Crippen MR) is 59.5 cm³/mol. The number of unbranched alkanes of at least 4 members (excludes halogenated alkanes) is 3. The van der Waals surface area contributed by atoms with Gasteiger partial charge in [-0.05, 0) is 12.8 Å². The smallest absolute Gasteiger partial charge is 0.167 e. The van der Waals surface area contributed by atoms with E-state index < -0.39 is 0 Å². The van der Waals surface area contributed by atoms with Gasteiger partial charge in [-0.25, -0.2) is 4.98 Å². The molecule has 0 fully saturated rings. The maximum Gasteiger partial charge on any atom is 0.167 e. The summed E-state index contributed by atoms with van der Waals surface area (Å²) < 4.78 is 2.04. The van der Waals surface area contributed by atoms with Crippen LogP contribution in [0.1, 0.15) is 25.7 Å². The third-order valence-corrected chi connectivity index (χ3v) is 3.20. The summed E-state index contributed by atoms with van der Waals surface area (Å²) in [6.07, 6.45) is 8.28. The number of imidazole rings is 1. The molecule has 14 heavy (non-hydrogen) atoms. The Bertz CT molecular complexity index is 250. The van der Waals surface area contributed by atoms with E-state index in [9.17, 15) is 0 Å². The summed E-state index contributed by atoms with van der Waals surface area (Å²) in [6, 6.07) is 0. The van der Waals surface area contributed by atoms with Gasteiger partial charge in [-0.15, -0.1) is 0 Å². The molecule has 1 aromatic heterocycles. The first kappa shape index (κ1) is 11.6. The maximum absolute atomic E-state index is 8.59. The number of thioether (sulfide) groups is 1. The van der Waals surface area contributed by atoms with Crippen molar-refractivity contribution in [2.45, 2.75) is 30.8 Å². The summed E-state index contributed by atoms with van der Waals surface area (Å²) in [4.78, 5) is 4.24. The van der Waals surface area contributed by atoms with Gasteiger partial charge in [0.15, 0.2) is 5.16 Å². The van der Waals surface area contributed by atoms with E-state index in [0.717, 1.165) is 23.8 Å². The second kappa shape index (κ2) is 6.90. The molecule has 1 heterocycles. The minimum absolute atomic E-state index is 0.326. The molecule has 0 unspecified atom stereocenters. The molecule has 0 aliphatic heterocycles. The van der Waals surface area contributed by atoms with E-state index >= 15 is 0 Å². The van der Waals surface area contributed by atoms with Gasteiger partial charge in [0.25, 0.3) is 0 Å². The average molecular weight is 214 g/mol. The van der Waals surface area contributed by atoms with Gasteiger partial charge in [-0.3, -0.25) is 0 Å². The fourth-order valence-corrected chi connectivity index (χ4v) is 2.15. The normalized spacial score (nSPS) is 10.7. The summed E-state index contributed by atoms with van der Waals surface area (Å²) in [7, 11) is 2.01. The second-order valence-electron chi connectivity index (χ2n) is 3.31. The maximum atomic E-state index is 8.59. The SMILES string of the molecule is Cn1ccnc1SCCCCCCO. The van der Waals surface area contributed by atoms with Crippen LogP contribution in [0.4, 0.5) is 0 Å². The van der Waals surface area contributed by atoms with Gasteiger partial charge in [0.2, 0.25) is 0 Å². The van der Waals surface area contributed by atoms with Crippen LogP contribution in [0, 0.1) is 0 Å². The Kier molecular flexibility index (Phi) is 5.71. The third kappa shape index (κ3) is 4.15. The van der Waals surface area contributed by atoms with Crippen molar-refractivity contribution in [1.29, 1.82) is 0 Å². The number of aryl methyl sites for hydroxylation is 1. The number of aliphatic hydroxyl groups excluding tert-OH is 1. The molecule has 4 heteroatoms. The predicted octanol–water partition coefficient (Wildman–Crippen LogP) is 2.06. The lowest BCUT2D eigenvalue weighted by molar-refractivity contribution is 0.283. The highest BCUT2D eigenvalue weighted by atomic mass is 32.2. The van der Waals surface area contributed by atoms with Crippen LogP contribution >= 0.6 is 11.8 Å². The van der Waals surface area contributed by atoms with Crippen molar-refractivity contribution in [2.75, 3.05) is 12.4 Å². The highest BCUT2D eigenvalue weighted by molar-refractivity contribution is 7.99. The van der Waals surface area contributed by atoms with E-state index in [1.165, 1.54) is 12.8 Å². The number of rotatable bonds is 7. The molecule has 0 radical (unpaired) electrons. The topological polar surface area (TPSA) is 38.0 Å². The highest BCUT2D eigenvalue weighted by Crippen LogP contribution is 2.16. The minimum atomic E-state index is 0.326. The quantitative estimate of drug-likeness (QED) is 0.558. The summed E-state index contributed by atoms with van der Waals surface area (Å²) >= 11 is 1.80. The van der Waals surface area contributed by atoms with Crippen molar-refractivity contribution in [3.8, 4) is 0 Å². The van der Waals surface area contributed by atoms with Gasteiger partial charge in [0, 0.05) is 31.8 Å². The molecule has 0 saturated carbocycles. The first-order valence-electron chi connectivity index (χ1n) is 5.05. The Labute approximate surface area is 89.5 Å². The minimum Gasteiger partial charge on any atom is -0.396 e. The van der Waals surface area contributed by atoms with Gasteiger partial charge in [-0.1, -0.05) is 24.6 Å². The standard InChI is InChI=1S/C10H18N2OS/c1-12-7-6-11-10(12)14-9-5-3-2-4-8-13/h6-7,13H,2-5,8-9H2,1H3. The van der Waals surface area contributed by atoms with E-state index in [1.54, 1.807) is 11.8 Å². The van der Waals surface area contributed by atoms with Crippen LogP contribution in [0.25, 0.3) is 0 Å². The lowest BCUT2D eigenvalue weighted by Crippen LogP contribution is -1.90. The van der Waals surface area contributed by atoms with Crippen molar-refractivity contribution < 1.29 is 5.11 Å². The lowest BCUT2D eigenvalue weighted by Gasteiger charge is -2.01. The fourth-order valence-electron chi connectivity index (χ4n) is 1.22. The first-order chi connectivity index (χ1) is 6.84. The van der Waals surface area contributed by atoms with Crippen molar-refractivity contribution in [3.63, 3.8) is 0 Å². The van der Waals surface area contributed by atoms with Crippen molar-refractivity contribution in [3.05, 3.63) is 12.4 Å². The van der Waals surface area contributed by atoms with Crippen LogP contribution in [0.2, 0.25) is 0 Å². The Balaban J connectivity index is 2.02. The fraction of sp³-hybridized carbons (Fsp3) is 0.700. The Morgan fingerprint density at radius 1 is 1.36 bits per heavy atom. The molecule has 0 spiro atoms. The van der Waals surface area contributed by atoms with Gasteiger partial charge in [-0.2, -0.15) is 0 Å². The molecule has 0 aliphatic rings. The van der Waals surface area contributed by atoms with Crippen LogP contribution < -0.4 is 0 Å². The van der Waals surface area contributed by atoms with Crippen LogP contribution in [-0.2, 0) is 7.05 Å². The molecule has 0 atom stereocenters.